The predicted molar refractivity (Wildman–Crippen MR) is 156 cm³/mol. The number of benzene rings is 1. The molecule has 0 aliphatic carbocycles. The summed E-state index contributed by atoms with van der Waals surface area (Å²) in [4.78, 5) is 40.0. The summed E-state index contributed by atoms with van der Waals surface area (Å²) < 4.78 is 30.9. The molecule has 1 saturated heterocycles. The molecule has 1 aromatic carbocycles. The summed E-state index contributed by atoms with van der Waals surface area (Å²) in [7, 11) is 0. The van der Waals surface area contributed by atoms with Gasteiger partial charge in [-0.3, -0.25) is 9.59 Å². The van der Waals surface area contributed by atoms with Gasteiger partial charge in [-0.1, -0.05) is 20.8 Å². The molecule has 5 aromatic rings. The number of nitrogens with zero attached hydrogens (tertiary/aromatic N) is 7. The van der Waals surface area contributed by atoms with Gasteiger partial charge in [-0.2, -0.15) is 9.49 Å². The zero-order valence-corrected chi connectivity index (χ0v) is 24.0. The van der Waals surface area contributed by atoms with E-state index in [0.717, 1.165) is 30.2 Å². The fraction of sp³-hybridized carbons (Fsp3) is 0.290. The van der Waals surface area contributed by atoms with Crippen molar-refractivity contribution < 1.29 is 18.4 Å². The smallest absolute Gasteiger partial charge is 0.257 e. The number of nitrogens with one attached hydrogen (secondary N) is 1. The van der Waals surface area contributed by atoms with E-state index in [1.165, 1.54) is 24.4 Å². The van der Waals surface area contributed by atoms with Gasteiger partial charge in [0.25, 0.3) is 5.91 Å². The van der Waals surface area contributed by atoms with E-state index in [0.29, 0.717) is 30.1 Å². The molecule has 2 amide bonds. The number of rotatable bonds is 5. The van der Waals surface area contributed by atoms with Gasteiger partial charge in [-0.25, -0.2) is 23.9 Å². The number of likely N-dealkylation sites (tertiary alicyclic amines) is 1. The predicted octanol–water partition coefficient (Wildman–Crippen LogP) is 5.39. The SMILES string of the molecule is CC(C)(C)C(=O)N1CCC(n2cnc(-c3ccc(F)cc3)c2-c2ccc3nc(NC(=O)c4ccnc(F)c4)cn3n2)CC1. The summed E-state index contributed by atoms with van der Waals surface area (Å²) >= 11 is 0. The van der Waals surface area contributed by atoms with E-state index in [4.69, 9.17) is 10.1 Å². The van der Waals surface area contributed by atoms with Crippen LogP contribution in [0.4, 0.5) is 14.6 Å². The summed E-state index contributed by atoms with van der Waals surface area (Å²) in [5, 5.41) is 7.47. The second-order valence-electron chi connectivity index (χ2n) is 11.6. The van der Waals surface area contributed by atoms with Gasteiger partial charge in [0.2, 0.25) is 11.9 Å². The van der Waals surface area contributed by atoms with Crippen LogP contribution >= 0.6 is 0 Å². The molecule has 1 aliphatic rings. The molecule has 1 aliphatic heterocycles. The van der Waals surface area contributed by atoms with E-state index in [1.54, 1.807) is 35.2 Å². The molecule has 0 atom stereocenters. The molecule has 12 heteroatoms. The van der Waals surface area contributed by atoms with Crippen LogP contribution in [-0.2, 0) is 4.79 Å². The van der Waals surface area contributed by atoms with Crippen molar-refractivity contribution in [2.24, 2.45) is 5.41 Å². The number of fused-ring (bicyclic) bond motifs is 1. The third kappa shape index (κ3) is 5.72. The van der Waals surface area contributed by atoms with Gasteiger partial charge in [0, 0.05) is 47.9 Å². The largest absolute Gasteiger partial charge is 0.342 e. The Morgan fingerprint density at radius 1 is 0.977 bits per heavy atom. The Bertz CT molecular complexity index is 1820. The van der Waals surface area contributed by atoms with Crippen LogP contribution in [0.2, 0.25) is 0 Å². The lowest BCUT2D eigenvalue weighted by molar-refractivity contribution is -0.140. The fourth-order valence-corrected chi connectivity index (χ4v) is 5.33. The fourth-order valence-electron chi connectivity index (χ4n) is 5.33. The normalized spacial score (nSPS) is 14.3. The van der Waals surface area contributed by atoms with Crippen molar-refractivity contribution >= 4 is 23.3 Å². The molecule has 6 rings (SSSR count). The van der Waals surface area contributed by atoms with Crippen LogP contribution in [0.3, 0.4) is 0 Å². The van der Waals surface area contributed by atoms with Crippen LogP contribution in [-0.4, -0.2) is 58.9 Å². The molecule has 0 spiro atoms. The van der Waals surface area contributed by atoms with Crippen molar-refractivity contribution in [1.29, 1.82) is 0 Å². The second-order valence-corrected chi connectivity index (χ2v) is 11.6. The number of piperidine rings is 1. The zero-order valence-electron chi connectivity index (χ0n) is 24.0. The lowest BCUT2D eigenvalue weighted by Crippen LogP contribution is -2.44. The lowest BCUT2D eigenvalue weighted by Gasteiger charge is -2.36. The van der Waals surface area contributed by atoms with Gasteiger partial charge in [-0.15, -0.1) is 0 Å². The van der Waals surface area contributed by atoms with Gasteiger partial charge < -0.3 is 14.8 Å². The molecule has 10 nitrogen and oxygen atoms in total. The summed E-state index contributed by atoms with van der Waals surface area (Å²) in [5.74, 6) is -1.25. The Morgan fingerprint density at radius 2 is 1.72 bits per heavy atom. The molecule has 0 saturated carbocycles. The summed E-state index contributed by atoms with van der Waals surface area (Å²) in [6, 6.07) is 12.3. The van der Waals surface area contributed by atoms with Crippen molar-refractivity contribution in [3.8, 4) is 22.6 Å². The monoisotopic (exact) mass is 584 g/mol. The Hall–Kier alpha value is -5.00. The number of carbonyl (C=O) groups excluding carboxylic acids is 2. The van der Waals surface area contributed by atoms with Gasteiger partial charge in [0.1, 0.15) is 11.5 Å². The van der Waals surface area contributed by atoms with Crippen LogP contribution in [0.15, 0.2) is 67.3 Å². The van der Waals surface area contributed by atoms with Crippen LogP contribution in [0.25, 0.3) is 28.3 Å². The molecule has 4 aromatic heterocycles. The molecule has 0 radical (unpaired) electrons. The maximum atomic E-state index is 13.8. The van der Waals surface area contributed by atoms with E-state index in [2.05, 4.69) is 19.9 Å². The van der Waals surface area contributed by atoms with Crippen molar-refractivity contribution in [3.05, 3.63) is 84.6 Å². The summed E-state index contributed by atoms with van der Waals surface area (Å²) in [6.07, 6.45) is 6.05. The number of hydrogen-bond donors (Lipinski definition) is 1. The molecule has 1 N–H and O–H groups in total. The summed E-state index contributed by atoms with van der Waals surface area (Å²) in [5.41, 5.74) is 2.89. The molecule has 1 fully saturated rings. The quantitative estimate of drug-likeness (QED) is 0.277. The third-order valence-electron chi connectivity index (χ3n) is 7.49. The maximum Gasteiger partial charge on any atom is 0.257 e. The molecular weight excluding hydrogens is 554 g/mol. The Balaban J connectivity index is 1.33. The number of halogens is 2. The molecule has 0 bridgehead atoms. The molecule has 0 unspecified atom stereocenters. The third-order valence-corrected chi connectivity index (χ3v) is 7.49. The minimum atomic E-state index is -0.756. The van der Waals surface area contributed by atoms with E-state index in [1.807, 2.05) is 31.7 Å². The first-order valence-electron chi connectivity index (χ1n) is 14.0. The van der Waals surface area contributed by atoms with Crippen LogP contribution < -0.4 is 5.32 Å². The van der Waals surface area contributed by atoms with E-state index in [-0.39, 0.29) is 29.1 Å². The van der Waals surface area contributed by atoms with Gasteiger partial charge in [-0.05, 0) is 55.3 Å². The van der Waals surface area contributed by atoms with Crippen molar-refractivity contribution in [3.63, 3.8) is 0 Å². The minimum Gasteiger partial charge on any atom is -0.342 e. The molecular formula is C31H30F2N8O2. The Morgan fingerprint density at radius 3 is 2.42 bits per heavy atom. The minimum absolute atomic E-state index is 0.0663. The van der Waals surface area contributed by atoms with Gasteiger partial charge in [0.15, 0.2) is 11.5 Å². The second kappa shape index (κ2) is 11.0. The first-order valence-corrected chi connectivity index (χ1v) is 14.0. The van der Waals surface area contributed by atoms with Crippen molar-refractivity contribution in [2.75, 3.05) is 18.4 Å². The highest BCUT2D eigenvalue weighted by Crippen LogP contribution is 2.36. The standard InChI is InChI=1S/C31H30F2N8O2/c1-31(2,3)30(43)39-14-11-22(12-15-39)40-18-35-27(19-4-6-21(32)7-5-19)28(40)23-8-9-26-36-25(17-41(26)38-23)37-29(42)20-10-13-34-24(33)16-20/h4-10,13,16-18,22H,11-12,14-15H2,1-3H3,(H,37,42). The van der Waals surface area contributed by atoms with Gasteiger partial charge >= 0.3 is 0 Å². The average molecular weight is 585 g/mol. The number of anilines is 1. The van der Waals surface area contributed by atoms with Crippen molar-refractivity contribution in [1.82, 2.24) is 34.0 Å². The first kappa shape index (κ1) is 28.1. The van der Waals surface area contributed by atoms with E-state index < -0.39 is 17.3 Å². The van der Waals surface area contributed by atoms with E-state index >= 15 is 0 Å². The Labute approximate surface area is 246 Å². The number of aromatic nitrogens is 6. The zero-order chi connectivity index (χ0) is 30.3. The average Bonchev–Trinajstić information content (AvgIpc) is 3.60. The number of imidazole rings is 2. The highest BCUT2D eigenvalue weighted by atomic mass is 19.1. The maximum absolute atomic E-state index is 13.8. The number of pyridine rings is 1. The van der Waals surface area contributed by atoms with Crippen LogP contribution in [0.5, 0.6) is 0 Å². The number of amides is 2. The van der Waals surface area contributed by atoms with Crippen LogP contribution in [0.1, 0.15) is 50.0 Å². The number of hydrogen-bond acceptors (Lipinski definition) is 6. The highest BCUT2D eigenvalue weighted by Gasteiger charge is 2.32. The Kier molecular flexibility index (Phi) is 7.20. The molecule has 220 valence electrons. The lowest BCUT2D eigenvalue weighted by atomic mass is 9.93. The topological polar surface area (TPSA) is 110 Å². The van der Waals surface area contributed by atoms with Crippen molar-refractivity contribution in [2.45, 2.75) is 39.7 Å². The van der Waals surface area contributed by atoms with Crippen LogP contribution in [0, 0.1) is 17.2 Å². The molecule has 5 heterocycles. The van der Waals surface area contributed by atoms with Gasteiger partial charge in [0.05, 0.1) is 23.9 Å². The highest BCUT2D eigenvalue weighted by molar-refractivity contribution is 6.03. The van der Waals surface area contributed by atoms with E-state index in [9.17, 15) is 18.4 Å². The molecule has 43 heavy (non-hydrogen) atoms. The summed E-state index contributed by atoms with van der Waals surface area (Å²) in [6.45, 7) is 7.04. The number of carbonyl (C=O) groups is 2. The first-order chi connectivity index (χ1) is 20.6.